The zero-order valence-corrected chi connectivity index (χ0v) is 18.4. The molecule has 1 aromatic rings. The minimum Gasteiger partial charge on any atom is -0.748 e. The Morgan fingerprint density at radius 3 is 2.17 bits per heavy atom. The van der Waals surface area contributed by atoms with Crippen molar-refractivity contribution in [3.63, 3.8) is 0 Å². The van der Waals surface area contributed by atoms with Gasteiger partial charge >= 0.3 is 29.6 Å². The van der Waals surface area contributed by atoms with E-state index in [9.17, 15) is 13.0 Å². The summed E-state index contributed by atoms with van der Waals surface area (Å²) in [6.07, 6.45) is 8.18. The second-order valence-corrected chi connectivity index (χ2v) is 8.02. The smallest absolute Gasteiger partial charge is 0.748 e. The van der Waals surface area contributed by atoms with E-state index in [1.54, 1.807) is 0 Å². The summed E-state index contributed by atoms with van der Waals surface area (Å²) in [6, 6.07) is 10.0. The molecule has 0 spiro atoms. The number of rotatable bonds is 12. The number of hydrogen-bond acceptors (Lipinski definition) is 3. The van der Waals surface area contributed by atoms with Crippen LogP contribution in [-0.2, 0) is 16.5 Å². The summed E-state index contributed by atoms with van der Waals surface area (Å²) in [5, 5.41) is -0.724. The summed E-state index contributed by atoms with van der Waals surface area (Å²) in [5.41, 5.74) is 1.20. The predicted molar refractivity (Wildman–Crippen MR) is 95.4 cm³/mol. The van der Waals surface area contributed by atoms with Crippen molar-refractivity contribution < 1.29 is 42.5 Å². The molecule has 0 amide bonds. The van der Waals surface area contributed by atoms with E-state index in [2.05, 4.69) is 6.92 Å². The third kappa shape index (κ3) is 9.57. The quantitative estimate of drug-likeness (QED) is 0.324. The van der Waals surface area contributed by atoms with E-state index in [0.29, 0.717) is 6.42 Å². The van der Waals surface area contributed by atoms with E-state index < -0.39 is 15.4 Å². The van der Waals surface area contributed by atoms with Gasteiger partial charge in [0.1, 0.15) is 0 Å². The first-order valence-electron chi connectivity index (χ1n) is 8.97. The molecule has 0 aliphatic heterocycles. The van der Waals surface area contributed by atoms with Crippen molar-refractivity contribution in [1.29, 1.82) is 0 Å². The monoisotopic (exact) mass is 362 g/mol. The molecule has 132 valence electrons. The van der Waals surface area contributed by atoms with E-state index in [1.165, 1.54) is 12.0 Å². The zero-order chi connectivity index (χ0) is 17.1. The summed E-state index contributed by atoms with van der Waals surface area (Å²) < 4.78 is 35.1. The van der Waals surface area contributed by atoms with Gasteiger partial charge in [0.05, 0.1) is 15.4 Å². The molecule has 0 aromatic heterocycles. The van der Waals surface area contributed by atoms with Crippen LogP contribution in [0.3, 0.4) is 0 Å². The molecule has 0 aliphatic rings. The van der Waals surface area contributed by atoms with E-state index in [4.69, 9.17) is 0 Å². The summed E-state index contributed by atoms with van der Waals surface area (Å²) in [4.78, 5) is 0. The number of hydrogen-bond donors (Lipinski definition) is 0. The van der Waals surface area contributed by atoms with Crippen LogP contribution in [0.4, 0.5) is 0 Å². The molecule has 0 saturated carbocycles. The van der Waals surface area contributed by atoms with Crippen molar-refractivity contribution in [2.24, 2.45) is 5.92 Å². The average molecular weight is 363 g/mol. The minimum absolute atomic E-state index is 0. The molecule has 0 radical (unpaired) electrons. The van der Waals surface area contributed by atoms with Gasteiger partial charge in [-0.2, -0.15) is 0 Å². The standard InChI is InChI=1S/C19H32O3S.Na/c1-3-5-6-10-15-18(4-2)19(23(20,21)22)16-11-14-17-12-8-7-9-13-17;/h7-9,12-13,18-19H,3-6,10-11,14-16H2,1-2H3,(H,20,21,22);/q;+1/p-1. The maximum absolute atomic E-state index is 11.7. The molecule has 2 atom stereocenters. The molecule has 1 rings (SSSR count). The minimum atomic E-state index is -4.22. The molecule has 0 N–H and O–H groups in total. The molecule has 1 aromatic carbocycles. The first kappa shape index (κ1) is 24.1. The zero-order valence-electron chi connectivity index (χ0n) is 15.5. The van der Waals surface area contributed by atoms with Crippen molar-refractivity contribution in [3.8, 4) is 0 Å². The topological polar surface area (TPSA) is 57.2 Å². The van der Waals surface area contributed by atoms with Gasteiger partial charge in [-0.25, -0.2) is 8.42 Å². The molecular formula is C19H31NaO3S. The molecule has 0 heterocycles. The Morgan fingerprint density at radius 2 is 1.62 bits per heavy atom. The van der Waals surface area contributed by atoms with Crippen LogP contribution >= 0.6 is 0 Å². The summed E-state index contributed by atoms with van der Waals surface area (Å²) in [5.74, 6) is 0.00475. The Kier molecular flexibility index (Phi) is 13.4. The maximum atomic E-state index is 11.7. The molecule has 0 saturated heterocycles. The Bertz CT molecular complexity index is 517. The van der Waals surface area contributed by atoms with Crippen LogP contribution in [0.2, 0.25) is 0 Å². The summed E-state index contributed by atoms with van der Waals surface area (Å²) in [6.45, 7) is 4.16. The first-order valence-corrected chi connectivity index (χ1v) is 10.4. The Labute approximate surface area is 170 Å². The fraction of sp³-hybridized carbons (Fsp3) is 0.684. The Balaban J connectivity index is 0.00000529. The van der Waals surface area contributed by atoms with Crippen LogP contribution in [0, 0.1) is 5.92 Å². The van der Waals surface area contributed by atoms with Gasteiger partial charge < -0.3 is 4.55 Å². The maximum Gasteiger partial charge on any atom is 1.00 e. The van der Waals surface area contributed by atoms with Gasteiger partial charge in [-0.3, -0.25) is 0 Å². The van der Waals surface area contributed by atoms with Gasteiger partial charge in [0.2, 0.25) is 0 Å². The normalized spacial score (nSPS) is 14.0. The van der Waals surface area contributed by atoms with Crippen LogP contribution in [0.1, 0.15) is 70.8 Å². The molecule has 2 unspecified atom stereocenters. The molecule has 0 bridgehead atoms. The third-order valence-electron chi connectivity index (χ3n) is 4.65. The van der Waals surface area contributed by atoms with Crippen LogP contribution in [0.5, 0.6) is 0 Å². The number of unbranched alkanes of at least 4 members (excludes halogenated alkanes) is 3. The van der Waals surface area contributed by atoms with Crippen LogP contribution in [-0.4, -0.2) is 18.2 Å². The SMILES string of the molecule is CCCCCCC(CC)C(CCCc1ccccc1)S(=O)(=O)[O-].[Na+]. The summed E-state index contributed by atoms with van der Waals surface area (Å²) in [7, 11) is -4.22. The van der Waals surface area contributed by atoms with Crippen molar-refractivity contribution in [3.05, 3.63) is 35.9 Å². The van der Waals surface area contributed by atoms with Gasteiger partial charge in [-0.05, 0) is 37.2 Å². The van der Waals surface area contributed by atoms with Crippen LogP contribution in [0.15, 0.2) is 30.3 Å². The largest absolute Gasteiger partial charge is 1.00 e. The first-order chi connectivity index (χ1) is 11.0. The summed E-state index contributed by atoms with van der Waals surface area (Å²) >= 11 is 0. The van der Waals surface area contributed by atoms with E-state index in [-0.39, 0.29) is 35.5 Å². The molecule has 0 fully saturated rings. The Morgan fingerprint density at radius 1 is 0.958 bits per heavy atom. The second-order valence-electron chi connectivity index (χ2n) is 6.43. The van der Waals surface area contributed by atoms with Gasteiger partial charge in [-0.1, -0.05) is 76.3 Å². The van der Waals surface area contributed by atoms with Crippen LogP contribution in [0.25, 0.3) is 0 Å². The fourth-order valence-electron chi connectivity index (χ4n) is 3.25. The molecule has 0 aliphatic carbocycles. The van der Waals surface area contributed by atoms with Crippen molar-refractivity contribution in [2.45, 2.75) is 76.9 Å². The van der Waals surface area contributed by atoms with Crippen LogP contribution < -0.4 is 29.6 Å². The van der Waals surface area contributed by atoms with Gasteiger partial charge in [0, 0.05) is 0 Å². The second kappa shape index (κ2) is 13.3. The van der Waals surface area contributed by atoms with Crippen molar-refractivity contribution in [2.75, 3.05) is 0 Å². The predicted octanol–water partition coefficient (Wildman–Crippen LogP) is 1.92. The molecule has 24 heavy (non-hydrogen) atoms. The van der Waals surface area contributed by atoms with Gasteiger partial charge in [0.15, 0.2) is 0 Å². The molecule has 3 nitrogen and oxygen atoms in total. The van der Waals surface area contributed by atoms with E-state index in [0.717, 1.165) is 44.9 Å². The number of benzene rings is 1. The van der Waals surface area contributed by atoms with Gasteiger partial charge in [-0.15, -0.1) is 0 Å². The van der Waals surface area contributed by atoms with E-state index in [1.807, 2.05) is 37.3 Å². The van der Waals surface area contributed by atoms with Crippen molar-refractivity contribution in [1.82, 2.24) is 0 Å². The number of aryl methyl sites for hydroxylation is 1. The van der Waals surface area contributed by atoms with E-state index >= 15 is 0 Å². The average Bonchev–Trinajstić information content (AvgIpc) is 2.52. The third-order valence-corrected chi connectivity index (χ3v) is 6.01. The fourth-order valence-corrected chi connectivity index (χ4v) is 4.51. The Hall–Kier alpha value is 0.130. The van der Waals surface area contributed by atoms with Gasteiger partial charge in [0.25, 0.3) is 0 Å². The van der Waals surface area contributed by atoms with Crippen molar-refractivity contribution >= 4 is 10.1 Å². The molecular weight excluding hydrogens is 331 g/mol. The molecule has 5 heteroatoms.